The van der Waals surface area contributed by atoms with Crippen LogP contribution >= 0.6 is 27.5 Å². The summed E-state index contributed by atoms with van der Waals surface area (Å²) in [5.41, 5.74) is 6.20. The van der Waals surface area contributed by atoms with Gasteiger partial charge in [-0.15, -0.1) is 0 Å². The normalized spacial score (nSPS) is 19.2. The van der Waals surface area contributed by atoms with Crippen LogP contribution < -0.4 is 11.1 Å². The van der Waals surface area contributed by atoms with Crippen molar-refractivity contribution in [1.82, 2.24) is 5.32 Å². The molecule has 0 unspecified atom stereocenters. The van der Waals surface area contributed by atoms with Gasteiger partial charge in [-0.25, -0.2) is 0 Å². The largest absolute Gasteiger partial charge is 0.381 e. The van der Waals surface area contributed by atoms with E-state index in [2.05, 4.69) is 21.2 Å². The van der Waals surface area contributed by atoms with E-state index in [1.54, 1.807) is 18.2 Å². The zero-order chi connectivity index (χ0) is 15.4. The minimum Gasteiger partial charge on any atom is -0.381 e. The number of halogens is 2. The standard InChI is InChI=1S/C14H16BrClN2O3/c15-11-2-1-10(16)5-9(11)6-12(13(17)19)18-14(20)8-3-4-21-7-8/h1-2,5,8,12H,3-4,6-7H2,(H2,17,19)(H,18,20)/t8-,12+/m1/s1. The Morgan fingerprint density at radius 2 is 2.29 bits per heavy atom. The summed E-state index contributed by atoms with van der Waals surface area (Å²) in [5.74, 6) is -0.988. The SMILES string of the molecule is NC(=O)[C@H](Cc1cc(Cl)ccc1Br)NC(=O)[C@@H]1CCOC1. The van der Waals surface area contributed by atoms with Gasteiger partial charge in [0, 0.05) is 22.5 Å². The highest BCUT2D eigenvalue weighted by Crippen LogP contribution is 2.22. The molecule has 0 aromatic heterocycles. The first-order valence-corrected chi connectivity index (χ1v) is 7.76. The van der Waals surface area contributed by atoms with E-state index in [4.69, 9.17) is 22.1 Å². The van der Waals surface area contributed by atoms with Crippen molar-refractivity contribution >= 4 is 39.3 Å². The molecule has 1 heterocycles. The summed E-state index contributed by atoms with van der Waals surface area (Å²) in [6.07, 6.45) is 0.952. The van der Waals surface area contributed by atoms with Gasteiger partial charge in [0.05, 0.1) is 12.5 Å². The first kappa shape index (κ1) is 16.3. The van der Waals surface area contributed by atoms with Crippen LogP contribution in [0.5, 0.6) is 0 Å². The van der Waals surface area contributed by atoms with Crippen molar-refractivity contribution in [3.63, 3.8) is 0 Å². The smallest absolute Gasteiger partial charge is 0.240 e. The van der Waals surface area contributed by atoms with Crippen LogP contribution in [-0.4, -0.2) is 31.1 Å². The molecule has 3 N–H and O–H groups in total. The lowest BCUT2D eigenvalue weighted by Crippen LogP contribution is -2.48. The molecular formula is C14H16BrClN2O3. The number of nitrogens with one attached hydrogen (secondary N) is 1. The Morgan fingerprint density at radius 3 is 2.90 bits per heavy atom. The number of carbonyl (C=O) groups excluding carboxylic acids is 2. The molecule has 114 valence electrons. The van der Waals surface area contributed by atoms with Crippen molar-refractivity contribution < 1.29 is 14.3 Å². The van der Waals surface area contributed by atoms with E-state index >= 15 is 0 Å². The zero-order valence-corrected chi connectivity index (χ0v) is 13.6. The second-order valence-corrected chi connectivity index (χ2v) is 6.25. The minimum absolute atomic E-state index is 0.200. The van der Waals surface area contributed by atoms with Gasteiger partial charge in [0.2, 0.25) is 11.8 Å². The molecule has 1 aromatic rings. The summed E-state index contributed by atoms with van der Waals surface area (Å²) in [5, 5.41) is 3.26. The quantitative estimate of drug-likeness (QED) is 0.821. The topological polar surface area (TPSA) is 81.4 Å². The Morgan fingerprint density at radius 1 is 1.52 bits per heavy atom. The lowest BCUT2D eigenvalue weighted by molar-refractivity contribution is -0.129. The van der Waals surface area contributed by atoms with E-state index in [1.165, 1.54) is 0 Å². The zero-order valence-electron chi connectivity index (χ0n) is 11.3. The van der Waals surface area contributed by atoms with Gasteiger partial charge in [0.1, 0.15) is 6.04 Å². The Bertz CT molecular complexity index is 547. The van der Waals surface area contributed by atoms with Crippen molar-refractivity contribution in [2.24, 2.45) is 11.7 Å². The van der Waals surface area contributed by atoms with Crippen molar-refractivity contribution in [2.45, 2.75) is 18.9 Å². The molecule has 7 heteroatoms. The first-order valence-electron chi connectivity index (χ1n) is 6.58. The van der Waals surface area contributed by atoms with Crippen LogP contribution in [0.3, 0.4) is 0 Å². The Kier molecular flexibility index (Phi) is 5.61. The van der Waals surface area contributed by atoms with Gasteiger partial charge in [0.15, 0.2) is 0 Å². The summed E-state index contributed by atoms with van der Waals surface area (Å²) in [6, 6.07) is 4.50. The van der Waals surface area contributed by atoms with Crippen molar-refractivity contribution in [3.8, 4) is 0 Å². The van der Waals surface area contributed by atoms with Gasteiger partial charge in [-0.1, -0.05) is 27.5 Å². The molecule has 0 radical (unpaired) electrons. The molecule has 0 bridgehead atoms. The number of carbonyl (C=O) groups is 2. The summed E-state index contributed by atoms with van der Waals surface area (Å²) in [4.78, 5) is 23.6. The van der Waals surface area contributed by atoms with Gasteiger partial charge in [-0.05, 0) is 30.2 Å². The average molecular weight is 376 g/mol. The third-order valence-electron chi connectivity index (χ3n) is 3.39. The fraction of sp³-hybridized carbons (Fsp3) is 0.429. The molecule has 2 amide bonds. The molecule has 5 nitrogen and oxygen atoms in total. The fourth-order valence-electron chi connectivity index (χ4n) is 2.17. The molecule has 21 heavy (non-hydrogen) atoms. The lowest BCUT2D eigenvalue weighted by Gasteiger charge is -2.18. The predicted octanol–water partition coefficient (Wildman–Crippen LogP) is 1.65. The third-order valence-corrected chi connectivity index (χ3v) is 4.40. The summed E-state index contributed by atoms with van der Waals surface area (Å²) in [7, 11) is 0. The van der Waals surface area contributed by atoms with Crippen LogP contribution in [0.1, 0.15) is 12.0 Å². The van der Waals surface area contributed by atoms with Gasteiger partial charge in [-0.2, -0.15) is 0 Å². The predicted molar refractivity (Wildman–Crippen MR) is 82.9 cm³/mol. The van der Waals surface area contributed by atoms with E-state index < -0.39 is 11.9 Å². The van der Waals surface area contributed by atoms with Crippen molar-refractivity contribution in [3.05, 3.63) is 33.3 Å². The molecular weight excluding hydrogens is 360 g/mol. The van der Waals surface area contributed by atoms with Crippen LogP contribution in [0.4, 0.5) is 0 Å². The molecule has 1 fully saturated rings. The molecule has 0 saturated carbocycles. The molecule has 2 rings (SSSR count). The van der Waals surface area contributed by atoms with Gasteiger partial charge in [0.25, 0.3) is 0 Å². The summed E-state index contributed by atoms with van der Waals surface area (Å²) >= 11 is 9.35. The third kappa shape index (κ3) is 4.43. The summed E-state index contributed by atoms with van der Waals surface area (Å²) in [6.45, 7) is 0.956. The Hall–Kier alpha value is -1.11. The first-order chi connectivity index (χ1) is 9.97. The lowest BCUT2D eigenvalue weighted by atomic mass is 10.0. The highest BCUT2D eigenvalue weighted by molar-refractivity contribution is 9.10. The number of primary amides is 1. The molecule has 0 spiro atoms. The minimum atomic E-state index is -0.770. The van der Waals surface area contributed by atoms with Crippen LogP contribution in [0, 0.1) is 5.92 Å². The van der Waals surface area contributed by atoms with Crippen molar-refractivity contribution in [2.75, 3.05) is 13.2 Å². The second-order valence-electron chi connectivity index (χ2n) is 4.96. The summed E-state index contributed by atoms with van der Waals surface area (Å²) < 4.78 is 5.99. The van der Waals surface area contributed by atoms with E-state index in [-0.39, 0.29) is 18.2 Å². The Balaban J connectivity index is 2.06. The van der Waals surface area contributed by atoms with Crippen LogP contribution in [0.2, 0.25) is 5.02 Å². The van der Waals surface area contributed by atoms with Gasteiger partial charge < -0.3 is 15.8 Å². The molecule has 1 aromatic carbocycles. The van der Waals surface area contributed by atoms with E-state index in [0.717, 1.165) is 10.0 Å². The highest BCUT2D eigenvalue weighted by atomic mass is 79.9. The number of amides is 2. The van der Waals surface area contributed by atoms with Crippen LogP contribution in [0.15, 0.2) is 22.7 Å². The fourth-order valence-corrected chi connectivity index (χ4v) is 2.78. The number of nitrogens with two attached hydrogens (primary N) is 1. The number of ether oxygens (including phenoxy) is 1. The molecule has 2 atom stereocenters. The van der Waals surface area contributed by atoms with Crippen molar-refractivity contribution in [1.29, 1.82) is 0 Å². The molecule has 1 aliphatic rings. The average Bonchev–Trinajstić information content (AvgIpc) is 2.96. The number of rotatable bonds is 5. The number of hydrogen-bond donors (Lipinski definition) is 2. The van der Waals surface area contributed by atoms with Crippen LogP contribution in [-0.2, 0) is 20.7 Å². The number of hydrogen-bond acceptors (Lipinski definition) is 3. The second kappa shape index (κ2) is 7.24. The number of benzene rings is 1. The monoisotopic (exact) mass is 374 g/mol. The van der Waals surface area contributed by atoms with Crippen LogP contribution in [0.25, 0.3) is 0 Å². The van der Waals surface area contributed by atoms with E-state index in [1.807, 2.05) is 0 Å². The van der Waals surface area contributed by atoms with Gasteiger partial charge >= 0.3 is 0 Å². The molecule has 0 aliphatic carbocycles. The Labute approximate surface area is 136 Å². The van der Waals surface area contributed by atoms with E-state index in [0.29, 0.717) is 24.7 Å². The van der Waals surface area contributed by atoms with Gasteiger partial charge in [-0.3, -0.25) is 9.59 Å². The molecule has 1 aliphatic heterocycles. The maximum atomic E-state index is 12.1. The van der Waals surface area contributed by atoms with E-state index in [9.17, 15) is 9.59 Å². The maximum Gasteiger partial charge on any atom is 0.240 e. The maximum absolute atomic E-state index is 12.1. The molecule has 1 saturated heterocycles. The highest BCUT2D eigenvalue weighted by Gasteiger charge is 2.27.